The first-order valence-electron chi connectivity index (χ1n) is 10.0. The van der Waals surface area contributed by atoms with E-state index in [1.165, 1.54) is 31.2 Å². The largest absolute Gasteiger partial charge is 0.460 e. The summed E-state index contributed by atoms with van der Waals surface area (Å²) in [7, 11) is 0. The summed E-state index contributed by atoms with van der Waals surface area (Å²) in [5, 5.41) is 2.45. The highest BCUT2D eigenvalue weighted by atomic mass is 19.1. The molecule has 0 aliphatic carbocycles. The van der Waals surface area contributed by atoms with Gasteiger partial charge in [0, 0.05) is 0 Å². The van der Waals surface area contributed by atoms with E-state index in [0.29, 0.717) is 11.1 Å². The van der Waals surface area contributed by atoms with E-state index < -0.39 is 46.9 Å². The van der Waals surface area contributed by atoms with Crippen molar-refractivity contribution in [1.29, 1.82) is 0 Å². The molecule has 2 atom stereocenters. The van der Waals surface area contributed by atoms with Gasteiger partial charge in [0.15, 0.2) is 0 Å². The second kappa shape index (κ2) is 9.45. The molecule has 0 radical (unpaired) electrons. The van der Waals surface area contributed by atoms with Crippen molar-refractivity contribution >= 4 is 12.1 Å². The third-order valence-corrected chi connectivity index (χ3v) is 5.08. The number of alkyl carbamates (subject to hydrolysis) is 1. The van der Waals surface area contributed by atoms with E-state index >= 15 is 0 Å². The van der Waals surface area contributed by atoms with Crippen LogP contribution in [0.1, 0.15) is 52.7 Å². The van der Waals surface area contributed by atoms with Crippen LogP contribution < -0.4 is 5.32 Å². The Bertz CT molecular complexity index is 859. The number of esters is 1. The Morgan fingerprint density at radius 1 is 0.839 bits per heavy atom. The van der Waals surface area contributed by atoms with Gasteiger partial charge >= 0.3 is 12.1 Å². The minimum Gasteiger partial charge on any atom is -0.460 e. The molecule has 0 fully saturated rings. The number of hydrogen-bond donors (Lipinski definition) is 1. The molecule has 5 nitrogen and oxygen atoms in total. The quantitative estimate of drug-likeness (QED) is 0.643. The maximum absolute atomic E-state index is 13.5. The van der Waals surface area contributed by atoms with Crippen molar-refractivity contribution in [3.8, 4) is 0 Å². The van der Waals surface area contributed by atoms with Crippen molar-refractivity contribution in [3.63, 3.8) is 0 Å². The molecule has 0 heterocycles. The zero-order valence-corrected chi connectivity index (χ0v) is 18.7. The van der Waals surface area contributed by atoms with Gasteiger partial charge in [-0.25, -0.2) is 18.4 Å². The molecule has 0 aliphatic heterocycles. The summed E-state index contributed by atoms with van der Waals surface area (Å²) < 4.78 is 37.8. The Morgan fingerprint density at radius 2 is 1.26 bits per heavy atom. The van der Waals surface area contributed by atoms with Crippen molar-refractivity contribution in [3.05, 3.63) is 71.3 Å². The highest BCUT2D eigenvalue weighted by Crippen LogP contribution is 2.37. The van der Waals surface area contributed by atoms with Crippen LogP contribution in [-0.2, 0) is 19.7 Å². The van der Waals surface area contributed by atoms with Crippen LogP contribution in [0.4, 0.5) is 13.6 Å². The number of benzene rings is 2. The van der Waals surface area contributed by atoms with Gasteiger partial charge in [-0.3, -0.25) is 0 Å². The molecule has 1 amide bonds. The second-order valence-corrected chi connectivity index (χ2v) is 8.66. The van der Waals surface area contributed by atoms with Crippen molar-refractivity contribution in [2.45, 2.75) is 64.7 Å². The van der Waals surface area contributed by atoms with Crippen molar-refractivity contribution in [2.75, 3.05) is 0 Å². The van der Waals surface area contributed by atoms with Gasteiger partial charge in [-0.15, -0.1) is 0 Å². The number of carbonyl (C=O) groups excluding carboxylic acids is 2. The number of carbonyl (C=O) groups is 2. The van der Waals surface area contributed by atoms with E-state index in [1.54, 1.807) is 52.0 Å². The summed E-state index contributed by atoms with van der Waals surface area (Å²) in [6.45, 7) is 10.2. The molecule has 0 saturated carbocycles. The summed E-state index contributed by atoms with van der Waals surface area (Å²) in [5.74, 6) is -1.45. The Morgan fingerprint density at radius 3 is 1.65 bits per heavy atom. The summed E-state index contributed by atoms with van der Waals surface area (Å²) in [5.41, 5.74) is -0.227. The molecular weight excluding hydrogens is 404 g/mol. The topological polar surface area (TPSA) is 64.6 Å². The molecular formula is C24H29F2NO4. The first-order valence-corrected chi connectivity index (χ1v) is 10.0. The molecule has 0 spiro atoms. The first kappa shape index (κ1) is 24.3. The molecule has 7 heteroatoms. The Labute approximate surface area is 181 Å². The van der Waals surface area contributed by atoms with Crippen LogP contribution in [0, 0.1) is 11.6 Å². The Kier molecular flexibility index (Phi) is 7.41. The first-order chi connectivity index (χ1) is 14.3. The Hall–Kier alpha value is -2.96. The molecule has 0 saturated heterocycles. The van der Waals surface area contributed by atoms with Gasteiger partial charge in [0.25, 0.3) is 0 Å². The standard InChI is InChI=1S/C24H29F2NO4/c1-15(27-22(29)31-23(3,4)5)21(28)30-16(2)24(6,17-7-11-19(25)12-8-17)18-9-13-20(26)14-10-18/h7-16H,1-6H3,(H,27,29)/t15-,16-/m0/s1. The lowest BCUT2D eigenvalue weighted by atomic mass is 9.72. The third kappa shape index (κ3) is 6.26. The number of ether oxygens (including phenoxy) is 2. The van der Waals surface area contributed by atoms with Crippen LogP contribution in [-0.4, -0.2) is 29.8 Å². The van der Waals surface area contributed by atoms with Crippen LogP contribution in [0.5, 0.6) is 0 Å². The predicted octanol–water partition coefficient (Wildman–Crippen LogP) is 5.12. The average Bonchev–Trinajstić information content (AvgIpc) is 2.66. The van der Waals surface area contributed by atoms with E-state index in [1.807, 2.05) is 6.92 Å². The minimum atomic E-state index is -0.956. The Balaban J connectivity index is 2.26. The maximum Gasteiger partial charge on any atom is 0.408 e. The summed E-state index contributed by atoms with van der Waals surface area (Å²) >= 11 is 0. The lowest BCUT2D eigenvalue weighted by molar-refractivity contribution is -0.152. The monoisotopic (exact) mass is 433 g/mol. The van der Waals surface area contributed by atoms with Crippen LogP contribution >= 0.6 is 0 Å². The second-order valence-electron chi connectivity index (χ2n) is 8.66. The number of halogens is 2. The molecule has 0 bridgehead atoms. The third-order valence-electron chi connectivity index (χ3n) is 5.08. The van der Waals surface area contributed by atoms with E-state index in [4.69, 9.17) is 9.47 Å². The van der Waals surface area contributed by atoms with E-state index in [2.05, 4.69) is 5.32 Å². The molecule has 2 aromatic rings. The maximum atomic E-state index is 13.5. The molecule has 2 aromatic carbocycles. The average molecular weight is 433 g/mol. The number of amides is 1. The molecule has 0 aliphatic rings. The highest BCUT2D eigenvalue weighted by Gasteiger charge is 2.38. The van der Waals surface area contributed by atoms with Gasteiger partial charge in [0.2, 0.25) is 0 Å². The predicted molar refractivity (Wildman–Crippen MR) is 114 cm³/mol. The SMILES string of the molecule is C[C@H](NC(=O)OC(C)(C)C)C(=O)O[C@@H](C)C(C)(c1ccc(F)cc1)c1ccc(F)cc1. The van der Waals surface area contributed by atoms with E-state index in [0.717, 1.165) is 0 Å². The van der Waals surface area contributed by atoms with Crippen LogP contribution in [0.3, 0.4) is 0 Å². The zero-order chi connectivity index (χ0) is 23.4. The smallest absolute Gasteiger partial charge is 0.408 e. The number of rotatable bonds is 6. The fraction of sp³-hybridized carbons (Fsp3) is 0.417. The summed E-state index contributed by atoms with van der Waals surface area (Å²) in [4.78, 5) is 24.6. The molecule has 0 unspecified atom stereocenters. The fourth-order valence-electron chi connectivity index (χ4n) is 3.17. The lowest BCUT2D eigenvalue weighted by Gasteiger charge is -2.37. The van der Waals surface area contributed by atoms with E-state index in [-0.39, 0.29) is 0 Å². The summed E-state index contributed by atoms with van der Waals surface area (Å²) in [6, 6.07) is 10.7. The van der Waals surface area contributed by atoms with Gasteiger partial charge in [0.1, 0.15) is 29.4 Å². The highest BCUT2D eigenvalue weighted by molar-refractivity contribution is 5.81. The van der Waals surface area contributed by atoms with Crippen LogP contribution in [0.25, 0.3) is 0 Å². The molecule has 1 N–H and O–H groups in total. The number of nitrogens with one attached hydrogen (secondary N) is 1. The van der Waals surface area contributed by atoms with Crippen molar-refractivity contribution in [1.82, 2.24) is 5.32 Å². The van der Waals surface area contributed by atoms with Gasteiger partial charge in [-0.2, -0.15) is 0 Å². The van der Waals surface area contributed by atoms with Gasteiger partial charge in [-0.05, 0) is 76.9 Å². The normalized spacial score (nSPS) is 13.8. The molecule has 168 valence electrons. The molecule has 0 aromatic heterocycles. The summed E-state index contributed by atoms with van der Waals surface area (Å²) in [6.07, 6.45) is -1.46. The molecule has 2 rings (SSSR count). The number of hydrogen-bond acceptors (Lipinski definition) is 4. The van der Waals surface area contributed by atoms with Gasteiger partial charge < -0.3 is 14.8 Å². The lowest BCUT2D eigenvalue weighted by Crippen LogP contribution is -2.46. The minimum absolute atomic E-state index is 0.398. The van der Waals surface area contributed by atoms with Crippen LogP contribution in [0.2, 0.25) is 0 Å². The van der Waals surface area contributed by atoms with Crippen molar-refractivity contribution < 1.29 is 27.8 Å². The molecule has 31 heavy (non-hydrogen) atoms. The van der Waals surface area contributed by atoms with Gasteiger partial charge in [-0.1, -0.05) is 24.3 Å². The van der Waals surface area contributed by atoms with E-state index in [9.17, 15) is 18.4 Å². The fourth-order valence-corrected chi connectivity index (χ4v) is 3.17. The van der Waals surface area contributed by atoms with Gasteiger partial charge in [0.05, 0.1) is 5.41 Å². The van der Waals surface area contributed by atoms with Crippen molar-refractivity contribution in [2.24, 2.45) is 0 Å². The van der Waals surface area contributed by atoms with Crippen LogP contribution in [0.15, 0.2) is 48.5 Å². The zero-order valence-electron chi connectivity index (χ0n) is 18.7.